The van der Waals surface area contributed by atoms with E-state index < -0.39 is 0 Å². The lowest BCUT2D eigenvalue weighted by molar-refractivity contribution is 0.412. The van der Waals surface area contributed by atoms with Crippen LogP contribution >= 0.6 is 11.6 Å². The smallest absolute Gasteiger partial charge is 0.0647 e. The van der Waals surface area contributed by atoms with Crippen LogP contribution in [0.3, 0.4) is 0 Å². The average molecular weight is 222 g/mol. The summed E-state index contributed by atoms with van der Waals surface area (Å²) >= 11 is 6.11. The van der Waals surface area contributed by atoms with Gasteiger partial charge in [0, 0.05) is 11.6 Å². The van der Waals surface area contributed by atoms with Crippen LogP contribution in [0.15, 0.2) is 24.4 Å². The molecule has 2 aromatic rings. The predicted octanol–water partition coefficient (Wildman–Crippen LogP) is 4.41. The molecule has 2 rings (SSSR count). The molecule has 0 aliphatic heterocycles. The average Bonchev–Trinajstić information content (AvgIpc) is 2.48. The fraction of sp³-hybridized carbons (Fsp3) is 0.385. The Hall–Kier alpha value is -0.950. The Morgan fingerprint density at radius 1 is 1.27 bits per heavy atom. The van der Waals surface area contributed by atoms with E-state index >= 15 is 0 Å². The Labute approximate surface area is 95.5 Å². The van der Waals surface area contributed by atoms with Crippen molar-refractivity contribution in [2.24, 2.45) is 5.41 Å². The fourth-order valence-electron chi connectivity index (χ4n) is 1.89. The van der Waals surface area contributed by atoms with Gasteiger partial charge in [-0.05, 0) is 23.5 Å². The molecule has 0 aliphatic rings. The van der Waals surface area contributed by atoms with Gasteiger partial charge in [-0.3, -0.25) is 0 Å². The number of rotatable bonds is 1. The molecule has 0 spiro atoms. The maximum Gasteiger partial charge on any atom is 0.0647 e. The van der Waals surface area contributed by atoms with Crippen molar-refractivity contribution < 1.29 is 0 Å². The van der Waals surface area contributed by atoms with Crippen LogP contribution in [0.25, 0.3) is 10.9 Å². The van der Waals surface area contributed by atoms with Gasteiger partial charge in [0.05, 0.1) is 10.5 Å². The molecular weight excluding hydrogens is 206 g/mol. The standard InChI is InChI=1S/C13H16ClN/c1-13(2,3)7-9-8-15-12-10(9)5-4-6-11(12)14/h4-6,8,15H,7H2,1-3H3. The Morgan fingerprint density at radius 2 is 2.00 bits per heavy atom. The maximum absolute atomic E-state index is 6.11. The first-order valence-corrected chi connectivity index (χ1v) is 5.60. The van der Waals surface area contributed by atoms with E-state index in [0.29, 0.717) is 5.41 Å². The number of aromatic amines is 1. The molecule has 0 saturated heterocycles. The van der Waals surface area contributed by atoms with Crippen LogP contribution < -0.4 is 0 Å². The molecule has 2 heteroatoms. The molecule has 0 saturated carbocycles. The molecule has 1 N–H and O–H groups in total. The second-order valence-corrected chi connectivity index (χ2v) is 5.62. The number of fused-ring (bicyclic) bond motifs is 1. The zero-order chi connectivity index (χ0) is 11.1. The number of nitrogens with one attached hydrogen (secondary N) is 1. The molecule has 0 unspecified atom stereocenters. The number of hydrogen-bond donors (Lipinski definition) is 1. The summed E-state index contributed by atoms with van der Waals surface area (Å²) in [7, 11) is 0. The van der Waals surface area contributed by atoms with E-state index in [0.717, 1.165) is 17.0 Å². The van der Waals surface area contributed by atoms with Crippen LogP contribution in [0.5, 0.6) is 0 Å². The van der Waals surface area contributed by atoms with Crippen molar-refractivity contribution in [3.63, 3.8) is 0 Å². The summed E-state index contributed by atoms with van der Waals surface area (Å²) in [6.45, 7) is 6.74. The molecule has 0 aliphatic carbocycles. The van der Waals surface area contributed by atoms with Crippen molar-refractivity contribution in [2.45, 2.75) is 27.2 Å². The van der Waals surface area contributed by atoms with Gasteiger partial charge >= 0.3 is 0 Å². The van der Waals surface area contributed by atoms with Crippen molar-refractivity contribution in [1.29, 1.82) is 0 Å². The Kier molecular flexibility index (Phi) is 2.51. The highest BCUT2D eigenvalue weighted by atomic mass is 35.5. The van der Waals surface area contributed by atoms with Crippen LogP contribution in [0.2, 0.25) is 5.02 Å². The first-order valence-electron chi connectivity index (χ1n) is 5.22. The molecule has 80 valence electrons. The topological polar surface area (TPSA) is 15.8 Å². The molecule has 1 heterocycles. The van der Waals surface area contributed by atoms with Crippen molar-refractivity contribution >= 4 is 22.5 Å². The van der Waals surface area contributed by atoms with Gasteiger partial charge in [-0.1, -0.05) is 44.5 Å². The SMILES string of the molecule is CC(C)(C)Cc1c[nH]c2c(Cl)cccc12. The highest BCUT2D eigenvalue weighted by molar-refractivity contribution is 6.35. The number of halogens is 1. The predicted molar refractivity (Wildman–Crippen MR) is 66.5 cm³/mol. The molecule has 0 radical (unpaired) electrons. The first kappa shape index (κ1) is 10.6. The summed E-state index contributed by atoms with van der Waals surface area (Å²) in [6.07, 6.45) is 3.13. The van der Waals surface area contributed by atoms with Crippen LogP contribution in [0.1, 0.15) is 26.3 Å². The third-order valence-electron chi connectivity index (χ3n) is 2.47. The van der Waals surface area contributed by atoms with E-state index in [1.165, 1.54) is 10.9 Å². The van der Waals surface area contributed by atoms with Crippen molar-refractivity contribution in [1.82, 2.24) is 4.98 Å². The molecule has 1 nitrogen and oxygen atoms in total. The van der Waals surface area contributed by atoms with Crippen LogP contribution in [0, 0.1) is 5.41 Å². The van der Waals surface area contributed by atoms with Gasteiger partial charge in [0.2, 0.25) is 0 Å². The number of aromatic nitrogens is 1. The van der Waals surface area contributed by atoms with E-state index in [9.17, 15) is 0 Å². The van der Waals surface area contributed by atoms with E-state index in [1.807, 2.05) is 12.1 Å². The van der Waals surface area contributed by atoms with Crippen LogP contribution in [0.4, 0.5) is 0 Å². The van der Waals surface area contributed by atoms with Gasteiger partial charge in [-0.2, -0.15) is 0 Å². The first-order chi connectivity index (χ1) is 6.97. The minimum Gasteiger partial charge on any atom is -0.360 e. The molecule has 0 atom stereocenters. The minimum absolute atomic E-state index is 0.303. The summed E-state index contributed by atoms with van der Waals surface area (Å²) in [5.41, 5.74) is 2.70. The second kappa shape index (κ2) is 3.57. The summed E-state index contributed by atoms with van der Waals surface area (Å²) < 4.78 is 0. The Bertz CT molecular complexity index is 477. The van der Waals surface area contributed by atoms with Gasteiger partial charge in [-0.25, -0.2) is 0 Å². The molecule has 1 aromatic heterocycles. The van der Waals surface area contributed by atoms with Crippen LogP contribution in [-0.2, 0) is 6.42 Å². The molecule has 0 amide bonds. The lowest BCUT2D eigenvalue weighted by Crippen LogP contribution is -2.08. The van der Waals surface area contributed by atoms with E-state index in [1.54, 1.807) is 0 Å². The van der Waals surface area contributed by atoms with E-state index in [2.05, 4.69) is 38.0 Å². The highest BCUT2D eigenvalue weighted by Crippen LogP contribution is 2.29. The zero-order valence-electron chi connectivity index (χ0n) is 9.39. The lowest BCUT2D eigenvalue weighted by Gasteiger charge is -2.17. The molecule has 0 fully saturated rings. The Morgan fingerprint density at radius 3 is 2.67 bits per heavy atom. The van der Waals surface area contributed by atoms with Gasteiger partial charge in [0.15, 0.2) is 0 Å². The van der Waals surface area contributed by atoms with Crippen LogP contribution in [-0.4, -0.2) is 4.98 Å². The number of para-hydroxylation sites is 1. The quantitative estimate of drug-likeness (QED) is 0.734. The summed E-state index contributed by atoms with van der Waals surface area (Å²) in [5.74, 6) is 0. The number of hydrogen-bond acceptors (Lipinski definition) is 0. The van der Waals surface area contributed by atoms with E-state index in [4.69, 9.17) is 11.6 Å². The zero-order valence-corrected chi connectivity index (χ0v) is 10.2. The van der Waals surface area contributed by atoms with Gasteiger partial charge in [0.25, 0.3) is 0 Å². The molecule has 1 aromatic carbocycles. The summed E-state index contributed by atoms with van der Waals surface area (Å²) in [5, 5.41) is 2.05. The third-order valence-corrected chi connectivity index (χ3v) is 2.79. The fourth-order valence-corrected chi connectivity index (χ4v) is 2.12. The van der Waals surface area contributed by atoms with Gasteiger partial charge in [0.1, 0.15) is 0 Å². The molecule has 15 heavy (non-hydrogen) atoms. The largest absolute Gasteiger partial charge is 0.360 e. The van der Waals surface area contributed by atoms with Gasteiger partial charge < -0.3 is 4.98 Å². The lowest BCUT2D eigenvalue weighted by atomic mass is 9.88. The van der Waals surface area contributed by atoms with E-state index in [-0.39, 0.29) is 0 Å². The van der Waals surface area contributed by atoms with Crippen molar-refractivity contribution in [3.05, 3.63) is 35.0 Å². The van der Waals surface area contributed by atoms with Gasteiger partial charge in [-0.15, -0.1) is 0 Å². The minimum atomic E-state index is 0.303. The van der Waals surface area contributed by atoms with Crippen molar-refractivity contribution in [3.8, 4) is 0 Å². The highest BCUT2D eigenvalue weighted by Gasteiger charge is 2.14. The Balaban J connectivity index is 2.50. The number of H-pyrrole nitrogens is 1. The molecular formula is C13H16ClN. The normalized spacial score (nSPS) is 12.3. The maximum atomic E-state index is 6.11. The molecule has 0 bridgehead atoms. The monoisotopic (exact) mass is 221 g/mol. The van der Waals surface area contributed by atoms with Crippen molar-refractivity contribution in [2.75, 3.05) is 0 Å². The third kappa shape index (κ3) is 2.18. The summed E-state index contributed by atoms with van der Waals surface area (Å²) in [4.78, 5) is 3.25. The number of benzene rings is 1. The summed E-state index contributed by atoms with van der Waals surface area (Å²) in [6, 6.07) is 6.05. The second-order valence-electron chi connectivity index (χ2n) is 5.21.